The number of rotatable bonds is 6. The van der Waals surface area contributed by atoms with Crippen LogP contribution in [0.15, 0.2) is 42.5 Å². The molecular formula is C18H15ClN2O4. The molecule has 0 atom stereocenters. The lowest BCUT2D eigenvalue weighted by atomic mass is 10.2. The molecule has 0 saturated heterocycles. The Bertz CT molecular complexity index is 830. The molecule has 0 aliphatic rings. The van der Waals surface area contributed by atoms with E-state index in [0.717, 1.165) is 0 Å². The Hall–Kier alpha value is -3.04. The topological polar surface area (TPSA) is 88.4 Å². The first-order valence-electron chi connectivity index (χ1n) is 7.43. The molecule has 0 spiro atoms. The van der Waals surface area contributed by atoms with Crippen molar-refractivity contribution in [3.63, 3.8) is 0 Å². The van der Waals surface area contributed by atoms with Gasteiger partial charge in [-0.15, -0.1) is 0 Å². The maximum atomic E-state index is 12.0. The summed E-state index contributed by atoms with van der Waals surface area (Å²) >= 11 is 5.87. The quantitative estimate of drug-likeness (QED) is 0.799. The zero-order chi connectivity index (χ0) is 18.2. The maximum Gasteiger partial charge on any atom is 0.338 e. The summed E-state index contributed by atoms with van der Waals surface area (Å²) in [7, 11) is 0. The summed E-state index contributed by atoms with van der Waals surface area (Å²) in [5.41, 5.74) is 0.937. The number of nitriles is 1. The van der Waals surface area contributed by atoms with Gasteiger partial charge >= 0.3 is 5.97 Å². The summed E-state index contributed by atoms with van der Waals surface area (Å²) in [5, 5.41) is 12.0. The van der Waals surface area contributed by atoms with Gasteiger partial charge in [-0.25, -0.2) is 4.79 Å². The molecule has 0 aromatic heterocycles. The van der Waals surface area contributed by atoms with Gasteiger partial charge in [0.1, 0.15) is 11.8 Å². The van der Waals surface area contributed by atoms with Crippen molar-refractivity contribution in [2.24, 2.45) is 0 Å². The Kier molecular flexibility index (Phi) is 6.38. The van der Waals surface area contributed by atoms with Gasteiger partial charge in [0.2, 0.25) is 0 Å². The molecule has 25 heavy (non-hydrogen) atoms. The van der Waals surface area contributed by atoms with Crippen molar-refractivity contribution in [2.45, 2.75) is 6.92 Å². The molecule has 7 heteroatoms. The molecule has 1 N–H and O–H groups in total. The number of nitrogens with one attached hydrogen (secondary N) is 1. The lowest BCUT2D eigenvalue weighted by molar-refractivity contribution is -0.118. The average Bonchev–Trinajstić information content (AvgIpc) is 2.61. The van der Waals surface area contributed by atoms with Crippen molar-refractivity contribution in [1.29, 1.82) is 5.26 Å². The number of carbonyl (C=O) groups is 2. The van der Waals surface area contributed by atoms with Crippen LogP contribution in [0.5, 0.6) is 5.75 Å². The first-order valence-corrected chi connectivity index (χ1v) is 7.80. The molecule has 128 valence electrons. The lowest BCUT2D eigenvalue weighted by Crippen LogP contribution is -2.20. The van der Waals surface area contributed by atoms with Crippen LogP contribution in [0.1, 0.15) is 22.8 Å². The van der Waals surface area contributed by atoms with E-state index >= 15 is 0 Å². The number of hydrogen-bond acceptors (Lipinski definition) is 5. The van der Waals surface area contributed by atoms with Crippen molar-refractivity contribution in [3.05, 3.63) is 58.6 Å². The van der Waals surface area contributed by atoms with Crippen LogP contribution in [0.25, 0.3) is 0 Å². The minimum Gasteiger partial charge on any atom is -0.484 e. The van der Waals surface area contributed by atoms with Crippen LogP contribution >= 0.6 is 11.6 Å². The fraction of sp³-hybridized carbons (Fsp3) is 0.167. The summed E-state index contributed by atoms with van der Waals surface area (Å²) < 4.78 is 10.3. The molecule has 0 aliphatic heterocycles. The second-order valence-electron chi connectivity index (χ2n) is 4.89. The normalized spacial score (nSPS) is 9.80. The molecule has 0 aliphatic carbocycles. The van der Waals surface area contributed by atoms with Gasteiger partial charge in [-0.2, -0.15) is 5.26 Å². The largest absolute Gasteiger partial charge is 0.484 e. The van der Waals surface area contributed by atoms with E-state index in [1.54, 1.807) is 31.2 Å². The molecule has 0 bridgehead atoms. The van der Waals surface area contributed by atoms with Crippen molar-refractivity contribution in [2.75, 3.05) is 18.5 Å². The molecule has 2 rings (SSSR count). The second-order valence-corrected chi connectivity index (χ2v) is 5.32. The highest BCUT2D eigenvalue weighted by molar-refractivity contribution is 6.31. The van der Waals surface area contributed by atoms with Gasteiger partial charge in [0.05, 0.1) is 23.4 Å². The number of benzene rings is 2. The van der Waals surface area contributed by atoms with E-state index in [4.69, 9.17) is 26.3 Å². The molecule has 0 unspecified atom stereocenters. The number of hydrogen-bond donors (Lipinski definition) is 1. The number of anilines is 1. The maximum absolute atomic E-state index is 12.0. The Morgan fingerprint density at radius 3 is 2.76 bits per heavy atom. The monoisotopic (exact) mass is 358 g/mol. The van der Waals surface area contributed by atoms with Crippen LogP contribution in [0.4, 0.5) is 5.69 Å². The molecular weight excluding hydrogens is 344 g/mol. The molecule has 0 radical (unpaired) electrons. The summed E-state index contributed by atoms with van der Waals surface area (Å²) in [6.45, 7) is 1.70. The van der Waals surface area contributed by atoms with E-state index in [1.807, 2.05) is 6.07 Å². The smallest absolute Gasteiger partial charge is 0.338 e. The number of halogens is 1. The highest BCUT2D eigenvalue weighted by atomic mass is 35.5. The second kappa shape index (κ2) is 8.71. The molecule has 0 fully saturated rings. The van der Waals surface area contributed by atoms with E-state index in [2.05, 4.69) is 5.32 Å². The zero-order valence-corrected chi connectivity index (χ0v) is 14.2. The van der Waals surface area contributed by atoms with E-state index in [1.165, 1.54) is 18.2 Å². The molecule has 0 heterocycles. The number of carbonyl (C=O) groups excluding carboxylic acids is 2. The van der Waals surface area contributed by atoms with E-state index in [-0.39, 0.29) is 13.2 Å². The number of ether oxygens (including phenoxy) is 2. The molecule has 2 aromatic rings. The van der Waals surface area contributed by atoms with E-state index < -0.39 is 11.9 Å². The van der Waals surface area contributed by atoms with Gasteiger partial charge in [0, 0.05) is 5.02 Å². The molecule has 1 amide bonds. The van der Waals surface area contributed by atoms with Gasteiger partial charge < -0.3 is 14.8 Å². The third-order valence-corrected chi connectivity index (χ3v) is 3.33. The highest BCUT2D eigenvalue weighted by Crippen LogP contribution is 2.20. The third-order valence-electron chi connectivity index (χ3n) is 3.09. The van der Waals surface area contributed by atoms with Crippen LogP contribution < -0.4 is 10.1 Å². The zero-order valence-electron chi connectivity index (χ0n) is 13.4. The summed E-state index contributed by atoms with van der Waals surface area (Å²) in [6, 6.07) is 12.9. The van der Waals surface area contributed by atoms with Crippen molar-refractivity contribution >= 4 is 29.2 Å². The SMILES string of the molecule is CCOC(=O)c1cccc(OCC(=O)Nc2cc(Cl)ccc2C#N)c1. The van der Waals surface area contributed by atoms with Crippen molar-refractivity contribution in [1.82, 2.24) is 0 Å². The van der Waals surface area contributed by atoms with Gasteiger partial charge in [0.15, 0.2) is 6.61 Å². The standard InChI is InChI=1S/C18H15ClN2O4/c1-2-24-18(23)12-4-3-5-15(8-12)25-11-17(22)21-16-9-14(19)7-6-13(16)10-20/h3-9H,2,11H2,1H3,(H,21,22). The van der Waals surface area contributed by atoms with Gasteiger partial charge in [0.25, 0.3) is 5.91 Å². The van der Waals surface area contributed by atoms with Crippen LogP contribution in [-0.2, 0) is 9.53 Å². The number of nitrogens with zero attached hydrogens (tertiary/aromatic N) is 1. The summed E-state index contributed by atoms with van der Waals surface area (Å²) in [6.07, 6.45) is 0. The van der Waals surface area contributed by atoms with Crippen LogP contribution in [0.3, 0.4) is 0 Å². The number of amides is 1. The minimum atomic E-state index is -0.463. The lowest BCUT2D eigenvalue weighted by Gasteiger charge is -2.10. The van der Waals surface area contributed by atoms with Gasteiger partial charge in [-0.1, -0.05) is 17.7 Å². The molecule has 0 saturated carbocycles. The summed E-state index contributed by atoms with van der Waals surface area (Å²) in [4.78, 5) is 23.7. The first kappa shape index (κ1) is 18.3. The Labute approximate surface area is 149 Å². The Morgan fingerprint density at radius 2 is 2.04 bits per heavy atom. The van der Waals surface area contributed by atoms with E-state index in [9.17, 15) is 9.59 Å². The van der Waals surface area contributed by atoms with Crippen molar-refractivity contribution in [3.8, 4) is 11.8 Å². The molecule has 6 nitrogen and oxygen atoms in total. The highest BCUT2D eigenvalue weighted by Gasteiger charge is 2.10. The summed E-state index contributed by atoms with van der Waals surface area (Å²) in [5.74, 6) is -0.567. The third kappa shape index (κ3) is 5.23. The average molecular weight is 359 g/mol. The van der Waals surface area contributed by atoms with Crippen molar-refractivity contribution < 1.29 is 19.1 Å². The van der Waals surface area contributed by atoms with Gasteiger partial charge in [-0.05, 0) is 43.3 Å². The Morgan fingerprint density at radius 1 is 1.24 bits per heavy atom. The fourth-order valence-electron chi connectivity index (χ4n) is 1.98. The van der Waals surface area contributed by atoms with Crippen LogP contribution in [0.2, 0.25) is 5.02 Å². The Balaban J connectivity index is 1.99. The first-order chi connectivity index (χ1) is 12.0. The number of esters is 1. The fourth-order valence-corrected chi connectivity index (χ4v) is 2.15. The predicted molar refractivity (Wildman–Crippen MR) is 92.7 cm³/mol. The van der Waals surface area contributed by atoms with Crippen LogP contribution in [-0.4, -0.2) is 25.1 Å². The van der Waals surface area contributed by atoms with E-state index in [0.29, 0.717) is 27.6 Å². The molecule has 2 aromatic carbocycles. The predicted octanol–water partition coefficient (Wildman–Crippen LogP) is 3.41. The van der Waals surface area contributed by atoms with Crippen LogP contribution in [0, 0.1) is 11.3 Å². The minimum absolute atomic E-state index is 0.271. The van der Waals surface area contributed by atoms with Gasteiger partial charge in [-0.3, -0.25) is 4.79 Å².